The van der Waals surface area contributed by atoms with E-state index in [-0.39, 0.29) is 23.8 Å². The molecule has 5 heteroatoms. The number of hydrogen-bond donors (Lipinski definition) is 1. The molecule has 2 atom stereocenters. The van der Waals surface area contributed by atoms with Gasteiger partial charge in [0.05, 0.1) is 25.0 Å². The Bertz CT molecular complexity index is 467. The van der Waals surface area contributed by atoms with Crippen LogP contribution in [-0.4, -0.2) is 38.2 Å². The van der Waals surface area contributed by atoms with Gasteiger partial charge >= 0.3 is 11.9 Å². The Hall–Kier alpha value is -1.10. The average molecular weight is 526 g/mol. The highest BCUT2D eigenvalue weighted by Gasteiger charge is 2.17. The molecule has 0 bridgehead atoms. The number of carbonyl (C=O) groups excluding carboxylic acids is 2. The standard InChI is InChI=1S/C32H63NO4/c1-5-9-23-29(7-3)31(34)36-27-21-17-13-11-15-19-25-33-26-20-16-12-14-18-22-28-37-32(35)30(8-4)24-10-6-2/h29-30,33H,5-28H2,1-4H3. The number of ether oxygens (including phenoxy) is 2. The number of esters is 2. The fraction of sp³-hybridized carbons (Fsp3) is 0.938. The molecule has 0 heterocycles. The highest BCUT2D eigenvalue weighted by molar-refractivity contribution is 5.72. The molecule has 220 valence electrons. The van der Waals surface area contributed by atoms with Gasteiger partial charge in [-0.2, -0.15) is 0 Å². The second-order valence-corrected chi connectivity index (χ2v) is 10.8. The van der Waals surface area contributed by atoms with E-state index in [0.29, 0.717) is 13.2 Å². The van der Waals surface area contributed by atoms with Gasteiger partial charge in [-0.25, -0.2) is 0 Å². The van der Waals surface area contributed by atoms with Gasteiger partial charge in [0, 0.05) is 0 Å². The normalized spacial score (nSPS) is 12.9. The van der Waals surface area contributed by atoms with Crippen LogP contribution in [0.15, 0.2) is 0 Å². The maximum Gasteiger partial charge on any atom is 0.308 e. The lowest BCUT2D eigenvalue weighted by Gasteiger charge is -2.13. The highest BCUT2D eigenvalue weighted by atomic mass is 16.5. The van der Waals surface area contributed by atoms with E-state index in [2.05, 4.69) is 33.0 Å². The minimum absolute atomic E-state index is 0.0166. The van der Waals surface area contributed by atoms with Crippen molar-refractivity contribution < 1.29 is 19.1 Å². The van der Waals surface area contributed by atoms with E-state index >= 15 is 0 Å². The Kier molecular flexibility index (Phi) is 27.1. The molecule has 0 aliphatic rings. The number of hydrogen-bond acceptors (Lipinski definition) is 5. The fourth-order valence-electron chi connectivity index (χ4n) is 4.70. The molecule has 2 unspecified atom stereocenters. The van der Waals surface area contributed by atoms with Crippen molar-refractivity contribution in [3.8, 4) is 0 Å². The first-order valence-electron chi connectivity index (χ1n) is 16.1. The smallest absolute Gasteiger partial charge is 0.308 e. The molecule has 37 heavy (non-hydrogen) atoms. The number of carbonyl (C=O) groups is 2. The monoisotopic (exact) mass is 525 g/mol. The Labute approximate surface area is 230 Å². The maximum absolute atomic E-state index is 12.1. The van der Waals surface area contributed by atoms with Gasteiger partial charge in [0.1, 0.15) is 0 Å². The summed E-state index contributed by atoms with van der Waals surface area (Å²) in [7, 11) is 0. The van der Waals surface area contributed by atoms with E-state index in [9.17, 15) is 9.59 Å². The van der Waals surface area contributed by atoms with Crippen molar-refractivity contribution in [3.05, 3.63) is 0 Å². The summed E-state index contributed by atoms with van der Waals surface area (Å²) in [5.74, 6) is 0.235. The van der Waals surface area contributed by atoms with Gasteiger partial charge in [0.2, 0.25) is 0 Å². The van der Waals surface area contributed by atoms with Crippen molar-refractivity contribution in [2.75, 3.05) is 26.3 Å². The number of nitrogens with one attached hydrogen (secondary N) is 1. The van der Waals surface area contributed by atoms with Crippen molar-refractivity contribution in [1.82, 2.24) is 5.32 Å². The summed E-state index contributed by atoms with van der Waals surface area (Å²) < 4.78 is 11.0. The molecule has 0 rings (SSSR count). The van der Waals surface area contributed by atoms with E-state index in [1.807, 2.05) is 0 Å². The zero-order valence-corrected chi connectivity index (χ0v) is 25.3. The van der Waals surface area contributed by atoms with Gasteiger partial charge in [-0.3, -0.25) is 9.59 Å². The first-order chi connectivity index (χ1) is 18.1. The van der Waals surface area contributed by atoms with Gasteiger partial charge in [-0.15, -0.1) is 0 Å². The van der Waals surface area contributed by atoms with Gasteiger partial charge in [-0.05, 0) is 64.5 Å². The van der Waals surface area contributed by atoms with Crippen LogP contribution in [0, 0.1) is 11.8 Å². The molecule has 5 nitrogen and oxygen atoms in total. The Morgan fingerprint density at radius 1 is 0.514 bits per heavy atom. The molecule has 0 aliphatic carbocycles. The Balaban J connectivity index is 3.34. The van der Waals surface area contributed by atoms with Crippen molar-refractivity contribution in [2.45, 2.75) is 156 Å². The molecule has 0 radical (unpaired) electrons. The minimum Gasteiger partial charge on any atom is -0.465 e. The van der Waals surface area contributed by atoms with E-state index in [1.54, 1.807) is 0 Å². The van der Waals surface area contributed by atoms with Crippen LogP contribution in [-0.2, 0) is 19.1 Å². The van der Waals surface area contributed by atoms with Crippen LogP contribution < -0.4 is 5.32 Å². The molecule has 0 saturated carbocycles. The second-order valence-electron chi connectivity index (χ2n) is 10.8. The SMILES string of the molecule is CCCCC(CC)C(=O)OCCCCCCCCNCCCCCCCCOC(=O)C(CC)CCCC. The zero-order chi connectivity index (χ0) is 27.4. The van der Waals surface area contributed by atoms with Crippen LogP contribution in [0.3, 0.4) is 0 Å². The molecule has 0 aromatic carbocycles. The van der Waals surface area contributed by atoms with Crippen molar-refractivity contribution in [1.29, 1.82) is 0 Å². The van der Waals surface area contributed by atoms with E-state index < -0.39 is 0 Å². The van der Waals surface area contributed by atoms with Gasteiger partial charge in [0.15, 0.2) is 0 Å². The Morgan fingerprint density at radius 2 is 0.865 bits per heavy atom. The third-order valence-electron chi connectivity index (χ3n) is 7.45. The summed E-state index contributed by atoms with van der Waals surface area (Å²) in [4.78, 5) is 24.2. The predicted octanol–water partition coefficient (Wildman–Crippen LogP) is 8.78. The Morgan fingerprint density at radius 3 is 1.22 bits per heavy atom. The van der Waals surface area contributed by atoms with Gasteiger partial charge in [0.25, 0.3) is 0 Å². The lowest BCUT2D eigenvalue weighted by atomic mass is 10.00. The first-order valence-corrected chi connectivity index (χ1v) is 16.1. The van der Waals surface area contributed by atoms with Crippen LogP contribution in [0.4, 0.5) is 0 Å². The van der Waals surface area contributed by atoms with E-state index in [0.717, 1.165) is 90.1 Å². The summed E-state index contributed by atoms with van der Waals surface area (Å²) in [6.45, 7) is 11.9. The molecule has 0 fully saturated rings. The topological polar surface area (TPSA) is 64.6 Å². The highest BCUT2D eigenvalue weighted by Crippen LogP contribution is 2.16. The summed E-state index contributed by atoms with van der Waals surface area (Å²) in [5.41, 5.74) is 0. The molecule has 0 spiro atoms. The summed E-state index contributed by atoms with van der Waals surface area (Å²) in [5, 5.41) is 3.58. The molecule has 0 saturated heterocycles. The van der Waals surface area contributed by atoms with Crippen LogP contribution in [0.25, 0.3) is 0 Å². The van der Waals surface area contributed by atoms with Crippen molar-refractivity contribution in [3.63, 3.8) is 0 Å². The number of rotatable bonds is 28. The van der Waals surface area contributed by atoms with E-state index in [4.69, 9.17) is 9.47 Å². The quantitative estimate of drug-likeness (QED) is 0.0816. The van der Waals surface area contributed by atoms with Crippen LogP contribution in [0.5, 0.6) is 0 Å². The number of unbranched alkanes of at least 4 members (excludes halogenated alkanes) is 12. The molecular weight excluding hydrogens is 462 g/mol. The lowest BCUT2D eigenvalue weighted by Crippen LogP contribution is -2.17. The third kappa shape index (κ3) is 22.6. The van der Waals surface area contributed by atoms with Crippen molar-refractivity contribution in [2.24, 2.45) is 11.8 Å². The summed E-state index contributed by atoms with van der Waals surface area (Å²) >= 11 is 0. The van der Waals surface area contributed by atoms with Crippen LogP contribution >= 0.6 is 0 Å². The van der Waals surface area contributed by atoms with Crippen LogP contribution in [0.2, 0.25) is 0 Å². The minimum atomic E-state index is 0.0166. The zero-order valence-electron chi connectivity index (χ0n) is 25.3. The average Bonchev–Trinajstić information content (AvgIpc) is 2.90. The van der Waals surface area contributed by atoms with E-state index in [1.165, 1.54) is 51.4 Å². The molecule has 1 N–H and O–H groups in total. The van der Waals surface area contributed by atoms with Crippen molar-refractivity contribution >= 4 is 11.9 Å². The third-order valence-corrected chi connectivity index (χ3v) is 7.45. The molecular formula is C32H63NO4. The summed E-state index contributed by atoms with van der Waals surface area (Å²) in [6, 6.07) is 0. The molecule has 0 aromatic heterocycles. The van der Waals surface area contributed by atoms with Crippen LogP contribution in [0.1, 0.15) is 156 Å². The molecule has 0 aromatic rings. The lowest BCUT2D eigenvalue weighted by molar-refractivity contribution is -0.150. The fourth-order valence-corrected chi connectivity index (χ4v) is 4.70. The van der Waals surface area contributed by atoms with Gasteiger partial charge < -0.3 is 14.8 Å². The van der Waals surface area contributed by atoms with Gasteiger partial charge in [-0.1, -0.05) is 105 Å². The second kappa shape index (κ2) is 27.9. The summed E-state index contributed by atoms with van der Waals surface area (Å²) in [6.07, 6.45) is 22.6. The first kappa shape index (κ1) is 35.9. The largest absolute Gasteiger partial charge is 0.465 e. The maximum atomic E-state index is 12.1. The molecule has 0 amide bonds. The predicted molar refractivity (Wildman–Crippen MR) is 157 cm³/mol. The molecule has 0 aliphatic heterocycles.